The van der Waals surface area contributed by atoms with Gasteiger partial charge in [0.25, 0.3) is 11.5 Å². The Morgan fingerprint density at radius 3 is 2.45 bits per heavy atom. The number of hydrogen-bond donors (Lipinski definition) is 2. The van der Waals surface area contributed by atoms with Crippen molar-refractivity contribution in [3.8, 4) is 0 Å². The van der Waals surface area contributed by atoms with Crippen LogP contribution in [0.15, 0.2) is 33.9 Å². The van der Waals surface area contributed by atoms with E-state index in [0.717, 1.165) is 21.8 Å². The second kappa shape index (κ2) is 5.16. The summed E-state index contributed by atoms with van der Waals surface area (Å²) in [5.74, 6) is -0.525. The maximum atomic E-state index is 12.0. The average Bonchev–Trinajstić information content (AvgIpc) is 2.39. The Hall–Kier alpha value is -2.63. The first kappa shape index (κ1) is 13.8. The van der Waals surface area contributed by atoms with Crippen molar-refractivity contribution in [1.82, 2.24) is 9.55 Å². The first-order chi connectivity index (χ1) is 9.38. The highest BCUT2D eigenvalue weighted by Crippen LogP contribution is 2.14. The highest BCUT2D eigenvalue weighted by Gasteiger charge is 2.10. The van der Waals surface area contributed by atoms with Crippen molar-refractivity contribution in [1.29, 1.82) is 0 Å². The Balaban J connectivity index is 2.31. The van der Waals surface area contributed by atoms with Crippen LogP contribution in [-0.2, 0) is 7.05 Å². The molecule has 1 heterocycles. The van der Waals surface area contributed by atoms with E-state index in [4.69, 9.17) is 0 Å². The molecule has 0 unspecified atom stereocenters. The van der Waals surface area contributed by atoms with Crippen molar-refractivity contribution < 1.29 is 4.79 Å². The number of amides is 1. The molecule has 0 fully saturated rings. The van der Waals surface area contributed by atoms with Crippen LogP contribution in [0.5, 0.6) is 0 Å². The Morgan fingerprint density at radius 2 is 1.85 bits per heavy atom. The van der Waals surface area contributed by atoms with Crippen molar-refractivity contribution in [3.05, 3.63) is 61.9 Å². The maximum absolute atomic E-state index is 12.0. The quantitative estimate of drug-likeness (QED) is 0.854. The molecule has 1 aromatic heterocycles. The molecule has 20 heavy (non-hydrogen) atoms. The number of hydrogen-bond acceptors (Lipinski definition) is 3. The molecule has 0 saturated carbocycles. The first-order valence-corrected chi connectivity index (χ1v) is 6.07. The molecule has 2 rings (SSSR count). The third-order valence-electron chi connectivity index (χ3n) is 3.15. The topological polar surface area (TPSA) is 84.0 Å². The maximum Gasteiger partial charge on any atom is 0.328 e. The van der Waals surface area contributed by atoms with E-state index < -0.39 is 17.2 Å². The highest BCUT2D eigenvalue weighted by molar-refractivity contribution is 6.02. The number of aryl methyl sites for hydroxylation is 2. The van der Waals surface area contributed by atoms with E-state index in [0.29, 0.717) is 5.69 Å². The summed E-state index contributed by atoms with van der Waals surface area (Å²) in [5.41, 5.74) is 1.56. The van der Waals surface area contributed by atoms with Crippen LogP contribution in [-0.4, -0.2) is 15.5 Å². The fourth-order valence-corrected chi connectivity index (χ4v) is 1.70. The number of H-pyrrole nitrogens is 1. The van der Waals surface area contributed by atoms with Crippen LogP contribution in [0.1, 0.15) is 21.6 Å². The average molecular weight is 273 g/mol. The summed E-state index contributed by atoms with van der Waals surface area (Å²) in [6.07, 6.45) is 0. The van der Waals surface area contributed by atoms with Crippen molar-refractivity contribution in [2.75, 3.05) is 5.32 Å². The number of carbonyl (C=O) groups excluding carboxylic acids is 1. The third kappa shape index (κ3) is 2.69. The number of anilines is 1. The van der Waals surface area contributed by atoms with Crippen LogP contribution in [0.25, 0.3) is 0 Å². The molecule has 0 radical (unpaired) electrons. The fraction of sp³-hybridized carbons (Fsp3) is 0.214. The fourth-order valence-electron chi connectivity index (χ4n) is 1.70. The number of aromatic amines is 1. The van der Waals surface area contributed by atoms with Crippen molar-refractivity contribution in [2.45, 2.75) is 13.8 Å². The summed E-state index contributed by atoms with van der Waals surface area (Å²) < 4.78 is 0.896. The predicted octanol–water partition coefficient (Wildman–Crippen LogP) is 0.943. The summed E-state index contributed by atoms with van der Waals surface area (Å²) in [5, 5.41) is 2.64. The number of nitrogens with one attached hydrogen (secondary N) is 2. The normalized spacial score (nSPS) is 10.3. The number of carbonyl (C=O) groups is 1. The van der Waals surface area contributed by atoms with Gasteiger partial charge in [0.05, 0.1) is 0 Å². The molecule has 1 aromatic carbocycles. The van der Waals surface area contributed by atoms with Gasteiger partial charge in [0.2, 0.25) is 0 Å². The predicted molar refractivity (Wildman–Crippen MR) is 76.2 cm³/mol. The minimum Gasteiger partial charge on any atom is -0.321 e. The van der Waals surface area contributed by atoms with E-state index >= 15 is 0 Å². The van der Waals surface area contributed by atoms with Gasteiger partial charge in [-0.15, -0.1) is 0 Å². The van der Waals surface area contributed by atoms with Gasteiger partial charge < -0.3 is 10.3 Å². The minimum absolute atomic E-state index is 0.0590. The third-order valence-corrected chi connectivity index (χ3v) is 3.15. The van der Waals surface area contributed by atoms with E-state index in [9.17, 15) is 14.4 Å². The largest absolute Gasteiger partial charge is 0.328 e. The monoisotopic (exact) mass is 273 g/mol. The zero-order chi connectivity index (χ0) is 14.9. The minimum atomic E-state index is -0.622. The van der Waals surface area contributed by atoms with E-state index in [1.807, 2.05) is 26.0 Å². The SMILES string of the molecule is Cc1ccc(NC(=O)c2cc(=O)n(C)c(=O)[nH]2)cc1C. The van der Waals surface area contributed by atoms with Gasteiger partial charge in [0.1, 0.15) is 5.69 Å². The molecular weight excluding hydrogens is 258 g/mol. The van der Waals surface area contributed by atoms with E-state index in [1.54, 1.807) is 6.07 Å². The summed E-state index contributed by atoms with van der Waals surface area (Å²) in [6.45, 7) is 3.91. The van der Waals surface area contributed by atoms with Gasteiger partial charge >= 0.3 is 5.69 Å². The molecule has 0 aliphatic carbocycles. The van der Waals surface area contributed by atoms with E-state index in [1.165, 1.54) is 7.05 Å². The summed E-state index contributed by atoms with van der Waals surface area (Å²) in [7, 11) is 1.34. The number of nitrogens with zero attached hydrogens (tertiary/aromatic N) is 1. The van der Waals surface area contributed by atoms with Crippen molar-refractivity contribution in [3.63, 3.8) is 0 Å². The molecule has 104 valence electrons. The van der Waals surface area contributed by atoms with Gasteiger partial charge in [-0.05, 0) is 37.1 Å². The molecule has 0 aliphatic rings. The Morgan fingerprint density at radius 1 is 1.15 bits per heavy atom. The molecule has 0 bridgehead atoms. The lowest BCUT2D eigenvalue weighted by molar-refractivity contribution is 0.102. The lowest BCUT2D eigenvalue weighted by Crippen LogP contribution is -2.34. The van der Waals surface area contributed by atoms with Gasteiger partial charge in [0.15, 0.2) is 0 Å². The molecule has 6 heteroatoms. The summed E-state index contributed by atoms with van der Waals surface area (Å²) in [4.78, 5) is 37.3. The van der Waals surface area contributed by atoms with Crippen LogP contribution in [0, 0.1) is 13.8 Å². The molecular formula is C14H15N3O3. The van der Waals surface area contributed by atoms with E-state index in [-0.39, 0.29) is 5.69 Å². The molecule has 0 atom stereocenters. The lowest BCUT2D eigenvalue weighted by Gasteiger charge is -2.07. The number of benzene rings is 1. The molecule has 2 N–H and O–H groups in total. The molecule has 0 aliphatic heterocycles. The van der Waals surface area contributed by atoms with E-state index in [2.05, 4.69) is 10.3 Å². The molecule has 2 aromatic rings. The summed E-state index contributed by atoms with van der Waals surface area (Å²) in [6, 6.07) is 6.57. The Labute approximate surface area is 115 Å². The lowest BCUT2D eigenvalue weighted by atomic mass is 10.1. The second-order valence-corrected chi connectivity index (χ2v) is 4.64. The van der Waals surface area contributed by atoms with Gasteiger partial charge in [-0.1, -0.05) is 6.07 Å². The van der Waals surface area contributed by atoms with Gasteiger partial charge in [-0.2, -0.15) is 0 Å². The number of aromatic nitrogens is 2. The second-order valence-electron chi connectivity index (χ2n) is 4.64. The molecule has 0 saturated heterocycles. The Kier molecular flexibility index (Phi) is 3.56. The van der Waals surface area contributed by atoms with Crippen LogP contribution >= 0.6 is 0 Å². The van der Waals surface area contributed by atoms with Crippen LogP contribution in [0.3, 0.4) is 0 Å². The van der Waals surface area contributed by atoms with Crippen molar-refractivity contribution >= 4 is 11.6 Å². The van der Waals surface area contributed by atoms with Gasteiger partial charge in [-0.25, -0.2) is 4.79 Å². The Bertz CT molecular complexity index is 756. The highest BCUT2D eigenvalue weighted by atomic mass is 16.2. The van der Waals surface area contributed by atoms with Gasteiger partial charge in [-0.3, -0.25) is 14.2 Å². The molecule has 1 amide bonds. The van der Waals surface area contributed by atoms with Crippen LogP contribution in [0.2, 0.25) is 0 Å². The zero-order valence-corrected chi connectivity index (χ0v) is 11.5. The van der Waals surface area contributed by atoms with Crippen LogP contribution < -0.4 is 16.6 Å². The van der Waals surface area contributed by atoms with Crippen molar-refractivity contribution in [2.24, 2.45) is 7.05 Å². The van der Waals surface area contributed by atoms with Crippen LogP contribution in [0.4, 0.5) is 5.69 Å². The van der Waals surface area contributed by atoms with Gasteiger partial charge in [0, 0.05) is 18.8 Å². The molecule has 6 nitrogen and oxygen atoms in total. The first-order valence-electron chi connectivity index (χ1n) is 6.07. The molecule has 0 spiro atoms. The summed E-state index contributed by atoms with van der Waals surface area (Å²) >= 11 is 0. The number of rotatable bonds is 2. The zero-order valence-electron chi connectivity index (χ0n) is 11.5. The standard InChI is InChI=1S/C14H15N3O3/c1-8-4-5-10(6-9(8)2)15-13(19)11-7-12(18)17(3)14(20)16-11/h4-7H,1-3H3,(H,15,19)(H,16,20). The smallest absolute Gasteiger partial charge is 0.321 e.